The van der Waals surface area contributed by atoms with Crippen LogP contribution in [0, 0.1) is 5.92 Å². The van der Waals surface area contributed by atoms with Crippen LogP contribution >= 0.6 is 11.6 Å². The highest BCUT2D eigenvalue weighted by Gasteiger charge is 2.43. The maximum Gasteiger partial charge on any atom is 0.227 e. The molecule has 8 heteroatoms. The first-order chi connectivity index (χ1) is 11.8. The first kappa shape index (κ1) is 15.1. The molecule has 4 heterocycles. The highest BCUT2D eigenvalue weighted by atomic mass is 35.5. The second-order valence-electron chi connectivity index (χ2n) is 7.52. The van der Waals surface area contributed by atoms with Crippen LogP contribution in [-0.2, 0) is 0 Å². The van der Waals surface area contributed by atoms with Gasteiger partial charge in [0.15, 0.2) is 5.82 Å². The quantitative estimate of drug-likeness (QED) is 0.641. The molecule has 130 valence electrons. The van der Waals surface area contributed by atoms with Crippen LogP contribution in [-0.4, -0.2) is 53.8 Å². The number of aromatic nitrogens is 2. The summed E-state index contributed by atoms with van der Waals surface area (Å²) < 4.78 is 0. The Hall–Kier alpha value is -1.15. The number of piperidine rings is 1. The van der Waals surface area contributed by atoms with E-state index in [0.29, 0.717) is 35.1 Å². The number of nitrogens with zero attached hydrogens (tertiary/aromatic N) is 3. The van der Waals surface area contributed by atoms with E-state index in [-0.39, 0.29) is 0 Å². The fraction of sp³-hybridized carbons (Fsp3) is 0.750. The number of piperazine rings is 1. The summed E-state index contributed by atoms with van der Waals surface area (Å²) in [7, 11) is 0. The second kappa shape index (κ2) is 5.98. The van der Waals surface area contributed by atoms with Crippen LogP contribution in [0.4, 0.5) is 11.8 Å². The Bertz CT molecular complexity index is 612. The van der Waals surface area contributed by atoms with Gasteiger partial charge in [-0.3, -0.25) is 10.9 Å². The molecule has 5 atom stereocenters. The average Bonchev–Trinajstić information content (AvgIpc) is 3.06. The lowest BCUT2D eigenvalue weighted by Gasteiger charge is -2.53. The standard InChI is InChI=1S/C16H24ClN7/c17-13-8-19-16(24-11-4-12(24)7-18-6-11)22-15(13)21-10-1-2-14-9(3-10)5-20-23-14/h8-12,14,18,20,23H,1-7H2,(H,19,21,22). The number of rotatable bonds is 3. The van der Waals surface area contributed by atoms with E-state index in [4.69, 9.17) is 16.6 Å². The molecule has 4 aliphatic rings. The number of hydrogen-bond donors (Lipinski definition) is 4. The molecule has 0 spiro atoms. The van der Waals surface area contributed by atoms with Gasteiger partial charge in [-0.2, -0.15) is 4.98 Å². The van der Waals surface area contributed by atoms with E-state index in [2.05, 4.69) is 31.4 Å². The van der Waals surface area contributed by atoms with Gasteiger partial charge in [-0.1, -0.05) is 11.6 Å². The third-order valence-electron chi connectivity index (χ3n) is 6.03. The van der Waals surface area contributed by atoms with E-state index in [1.165, 1.54) is 12.8 Å². The van der Waals surface area contributed by atoms with E-state index in [1.54, 1.807) is 6.20 Å². The summed E-state index contributed by atoms with van der Waals surface area (Å²) in [6.07, 6.45) is 6.47. The summed E-state index contributed by atoms with van der Waals surface area (Å²) in [6, 6.07) is 2.12. The molecule has 24 heavy (non-hydrogen) atoms. The van der Waals surface area contributed by atoms with Crippen molar-refractivity contribution in [3.8, 4) is 0 Å². The Morgan fingerprint density at radius 3 is 2.88 bits per heavy atom. The predicted octanol–water partition coefficient (Wildman–Crippen LogP) is 0.737. The summed E-state index contributed by atoms with van der Waals surface area (Å²) in [5.74, 6) is 2.31. The van der Waals surface area contributed by atoms with Gasteiger partial charge in [-0.15, -0.1) is 0 Å². The Kier molecular flexibility index (Phi) is 3.77. The first-order valence-electron chi connectivity index (χ1n) is 9.04. The number of fused-ring (bicyclic) bond motifs is 3. The van der Waals surface area contributed by atoms with Gasteiger partial charge < -0.3 is 15.5 Å². The topological polar surface area (TPSA) is 77.1 Å². The molecule has 3 saturated heterocycles. The van der Waals surface area contributed by atoms with Gasteiger partial charge in [0.25, 0.3) is 0 Å². The SMILES string of the molecule is Clc1cnc(N2C3CNCC2C3)nc1NC1CCC2NNCC2C1. The molecule has 5 rings (SSSR count). The second-order valence-corrected chi connectivity index (χ2v) is 7.93. The first-order valence-corrected chi connectivity index (χ1v) is 9.42. The van der Waals surface area contributed by atoms with Crippen molar-refractivity contribution in [3.63, 3.8) is 0 Å². The van der Waals surface area contributed by atoms with Crippen LogP contribution in [0.1, 0.15) is 25.7 Å². The zero-order valence-corrected chi connectivity index (χ0v) is 14.4. The fourth-order valence-electron chi connectivity index (χ4n) is 4.72. The smallest absolute Gasteiger partial charge is 0.227 e. The fourth-order valence-corrected chi connectivity index (χ4v) is 4.86. The molecule has 1 aliphatic carbocycles. The molecule has 0 radical (unpaired) electrons. The minimum atomic E-state index is 0.436. The Labute approximate surface area is 146 Å². The summed E-state index contributed by atoms with van der Waals surface area (Å²) in [5, 5.41) is 7.65. The van der Waals surface area contributed by atoms with Crippen molar-refractivity contribution in [1.29, 1.82) is 0 Å². The molecular formula is C16H24ClN7. The zero-order valence-electron chi connectivity index (χ0n) is 13.6. The van der Waals surface area contributed by atoms with Crippen LogP contribution in [0.25, 0.3) is 0 Å². The number of halogens is 1. The third kappa shape index (κ3) is 2.54. The molecular weight excluding hydrogens is 326 g/mol. The summed E-state index contributed by atoms with van der Waals surface area (Å²) in [4.78, 5) is 11.6. The van der Waals surface area contributed by atoms with E-state index >= 15 is 0 Å². The minimum Gasteiger partial charge on any atom is -0.366 e. The van der Waals surface area contributed by atoms with Gasteiger partial charge in [0, 0.05) is 43.8 Å². The van der Waals surface area contributed by atoms with Crippen LogP contribution in [0.15, 0.2) is 6.20 Å². The van der Waals surface area contributed by atoms with Crippen LogP contribution in [0.2, 0.25) is 5.02 Å². The van der Waals surface area contributed by atoms with Gasteiger partial charge in [0.05, 0.1) is 6.20 Å². The number of anilines is 2. The molecule has 1 aromatic heterocycles. The predicted molar refractivity (Wildman–Crippen MR) is 94.3 cm³/mol. The lowest BCUT2D eigenvalue weighted by Crippen LogP contribution is -2.68. The van der Waals surface area contributed by atoms with Crippen LogP contribution in [0.3, 0.4) is 0 Å². The largest absolute Gasteiger partial charge is 0.366 e. The average molecular weight is 350 g/mol. The van der Waals surface area contributed by atoms with Crippen molar-refractivity contribution >= 4 is 23.4 Å². The lowest BCUT2D eigenvalue weighted by molar-refractivity contribution is 0.258. The van der Waals surface area contributed by atoms with Gasteiger partial charge in [0.2, 0.25) is 5.95 Å². The Morgan fingerprint density at radius 1 is 1.17 bits per heavy atom. The summed E-state index contributed by atoms with van der Waals surface area (Å²) in [5.41, 5.74) is 6.65. The van der Waals surface area contributed by atoms with Crippen molar-refractivity contribution in [2.75, 3.05) is 29.9 Å². The maximum atomic E-state index is 6.37. The number of nitrogens with one attached hydrogen (secondary N) is 4. The van der Waals surface area contributed by atoms with E-state index in [1.807, 2.05) is 0 Å². The molecule has 5 unspecified atom stereocenters. The van der Waals surface area contributed by atoms with Gasteiger partial charge >= 0.3 is 0 Å². The molecule has 2 bridgehead atoms. The van der Waals surface area contributed by atoms with E-state index in [9.17, 15) is 0 Å². The van der Waals surface area contributed by atoms with Crippen molar-refractivity contribution in [2.45, 2.75) is 49.9 Å². The van der Waals surface area contributed by atoms with Crippen molar-refractivity contribution in [3.05, 3.63) is 11.2 Å². The summed E-state index contributed by atoms with van der Waals surface area (Å²) >= 11 is 6.37. The number of hydrogen-bond acceptors (Lipinski definition) is 7. The van der Waals surface area contributed by atoms with E-state index < -0.39 is 0 Å². The van der Waals surface area contributed by atoms with Crippen molar-refractivity contribution in [2.24, 2.45) is 5.92 Å². The monoisotopic (exact) mass is 349 g/mol. The normalized spacial score (nSPS) is 37.7. The van der Waals surface area contributed by atoms with Crippen molar-refractivity contribution in [1.82, 2.24) is 26.1 Å². The molecule has 0 amide bonds. The highest BCUT2D eigenvalue weighted by molar-refractivity contribution is 6.32. The molecule has 7 nitrogen and oxygen atoms in total. The lowest BCUT2D eigenvalue weighted by atomic mass is 9.83. The van der Waals surface area contributed by atoms with Gasteiger partial charge in [0.1, 0.15) is 5.02 Å². The van der Waals surface area contributed by atoms with Crippen LogP contribution in [0.5, 0.6) is 0 Å². The maximum absolute atomic E-state index is 6.37. The van der Waals surface area contributed by atoms with Gasteiger partial charge in [-0.05, 0) is 31.6 Å². The van der Waals surface area contributed by atoms with Gasteiger partial charge in [-0.25, -0.2) is 4.98 Å². The molecule has 4 N–H and O–H groups in total. The molecule has 1 aromatic rings. The Morgan fingerprint density at radius 2 is 2.04 bits per heavy atom. The van der Waals surface area contributed by atoms with E-state index in [0.717, 1.165) is 44.2 Å². The zero-order chi connectivity index (χ0) is 16.1. The van der Waals surface area contributed by atoms with Crippen LogP contribution < -0.4 is 26.4 Å². The molecule has 1 saturated carbocycles. The highest BCUT2D eigenvalue weighted by Crippen LogP contribution is 2.35. The van der Waals surface area contributed by atoms with Crippen molar-refractivity contribution < 1.29 is 0 Å². The third-order valence-corrected chi connectivity index (χ3v) is 6.30. The number of hydrazine groups is 1. The Balaban J connectivity index is 1.31. The molecule has 3 aliphatic heterocycles. The molecule has 0 aromatic carbocycles. The minimum absolute atomic E-state index is 0.436. The summed E-state index contributed by atoms with van der Waals surface area (Å²) in [6.45, 7) is 3.10. The molecule has 4 fully saturated rings.